The van der Waals surface area contributed by atoms with E-state index in [4.69, 9.17) is 14.5 Å². The molecule has 0 radical (unpaired) electrons. The molecule has 51 heavy (non-hydrogen) atoms. The SMILES string of the molecule is CC(=O)c1c(C)c2cnc(Nc3ccc(N4CCN(C(=O)c5ccc(C(=O)COC6CCCCO6)cc5)CC4)cn3)nc2n(C2CCCC2)c1=O. The molecule has 5 heterocycles. The third-order valence-electron chi connectivity index (χ3n) is 10.2. The number of fused-ring (bicyclic) bond motifs is 1. The van der Waals surface area contributed by atoms with Crippen LogP contribution >= 0.6 is 0 Å². The molecule has 0 spiro atoms. The fraction of sp³-hybridized carbons (Fsp3) is 0.447. The van der Waals surface area contributed by atoms with Gasteiger partial charge in [-0.2, -0.15) is 4.98 Å². The van der Waals surface area contributed by atoms with Crippen molar-refractivity contribution in [3.8, 4) is 0 Å². The van der Waals surface area contributed by atoms with Crippen LogP contribution in [-0.2, 0) is 9.47 Å². The molecule has 13 heteroatoms. The van der Waals surface area contributed by atoms with Crippen molar-refractivity contribution in [3.63, 3.8) is 0 Å². The van der Waals surface area contributed by atoms with Crippen LogP contribution in [0.2, 0.25) is 0 Å². The summed E-state index contributed by atoms with van der Waals surface area (Å²) in [6.45, 7) is 6.20. The van der Waals surface area contributed by atoms with Crippen LogP contribution in [0.4, 0.5) is 17.5 Å². The van der Waals surface area contributed by atoms with Crippen LogP contribution in [0.15, 0.2) is 53.6 Å². The van der Waals surface area contributed by atoms with E-state index in [-0.39, 0.29) is 47.5 Å². The first-order valence-electron chi connectivity index (χ1n) is 17.8. The van der Waals surface area contributed by atoms with Crippen molar-refractivity contribution in [2.45, 2.75) is 71.1 Å². The van der Waals surface area contributed by atoms with Crippen molar-refractivity contribution in [1.82, 2.24) is 24.4 Å². The highest BCUT2D eigenvalue weighted by molar-refractivity contribution is 6.00. The number of nitrogens with one attached hydrogen (secondary N) is 1. The molecule has 2 aliphatic heterocycles. The zero-order chi connectivity index (χ0) is 35.5. The lowest BCUT2D eigenvalue weighted by Gasteiger charge is -2.36. The average molecular weight is 694 g/mol. The number of carbonyl (C=O) groups is 3. The second-order valence-corrected chi connectivity index (χ2v) is 13.5. The number of ketones is 2. The van der Waals surface area contributed by atoms with Crippen LogP contribution in [0.25, 0.3) is 11.0 Å². The fourth-order valence-electron chi connectivity index (χ4n) is 7.31. The topological polar surface area (TPSA) is 149 Å². The van der Waals surface area contributed by atoms with Crippen LogP contribution in [0.5, 0.6) is 0 Å². The van der Waals surface area contributed by atoms with E-state index in [0.29, 0.717) is 72.3 Å². The molecule has 3 aromatic heterocycles. The Bertz CT molecular complexity index is 1980. The number of rotatable bonds is 10. The first-order valence-corrected chi connectivity index (χ1v) is 17.8. The first kappa shape index (κ1) is 34.4. The van der Waals surface area contributed by atoms with Crippen LogP contribution in [0, 0.1) is 6.92 Å². The van der Waals surface area contributed by atoms with E-state index in [1.165, 1.54) is 6.92 Å². The Morgan fingerprint density at radius 2 is 1.63 bits per heavy atom. The Kier molecular flexibility index (Phi) is 10.2. The monoisotopic (exact) mass is 693 g/mol. The minimum absolute atomic E-state index is 0.00179. The number of hydrogen-bond acceptors (Lipinski definition) is 11. The van der Waals surface area contributed by atoms with Gasteiger partial charge in [-0.3, -0.25) is 23.7 Å². The molecule has 0 bridgehead atoms. The lowest BCUT2D eigenvalue weighted by Crippen LogP contribution is -2.48. The number of Topliss-reactive ketones (excluding diaryl/α,β-unsaturated/α-hetero) is 2. The first-order chi connectivity index (χ1) is 24.8. The molecule has 13 nitrogen and oxygen atoms in total. The quantitative estimate of drug-likeness (QED) is 0.217. The number of amides is 1. The summed E-state index contributed by atoms with van der Waals surface area (Å²) in [4.78, 5) is 69.6. The number of piperazine rings is 1. The third-order valence-corrected chi connectivity index (χ3v) is 10.2. The minimum atomic E-state index is -0.323. The van der Waals surface area contributed by atoms with Gasteiger partial charge in [0.2, 0.25) is 5.95 Å². The minimum Gasteiger partial charge on any atom is -0.367 e. The van der Waals surface area contributed by atoms with Gasteiger partial charge < -0.3 is 24.6 Å². The summed E-state index contributed by atoms with van der Waals surface area (Å²) >= 11 is 0. The van der Waals surface area contributed by atoms with Gasteiger partial charge >= 0.3 is 0 Å². The number of hydrogen-bond donors (Lipinski definition) is 1. The van der Waals surface area contributed by atoms with Crippen molar-refractivity contribution >= 4 is 46.0 Å². The van der Waals surface area contributed by atoms with Crippen molar-refractivity contribution < 1.29 is 23.9 Å². The Labute approximate surface area is 296 Å². The highest BCUT2D eigenvalue weighted by Gasteiger charge is 2.27. The van der Waals surface area contributed by atoms with Gasteiger partial charge in [-0.25, -0.2) is 9.97 Å². The smallest absolute Gasteiger partial charge is 0.263 e. The molecule has 266 valence electrons. The van der Waals surface area contributed by atoms with Gasteiger partial charge in [0.1, 0.15) is 18.1 Å². The maximum Gasteiger partial charge on any atom is 0.263 e. The maximum atomic E-state index is 13.5. The molecule has 1 aliphatic carbocycles. The molecular weight excluding hydrogens is 650 g/mol. The summed E-state index contributed by atoms with van der Waals surface area (Å²) in [5, 5.41) is 3.86. The predicted octanol–water partition coefficient (Wildman–Crippen LogP) is 5.24. The molecule has 2 saturated heterocycles. The van der Waals surface area contributed by atoms with E-state index >= 15 is 0 Å². The van der Waals surface area contributed by atoms with E-state index in [0.717, 1.165) is 50.6 Å². The van der Waals surface area contributed by atoms with E-state index in [9.17, 15) is 19.2 Å². The molecule has 3 aliphatic rings. The molecular formula is C38H43N7O6. The maximum absolute atomic E-state index is 13.5. The summed E-state index contributed by atoms with van der Waals surface area (Å²) in [5.41, 5.74) is 3.02. The van der Waals surface area contributed by atoms with Gasteiger partial charge in [0.05, 0.1) is 17.4 Å². The molecule has 7 rings (SSSR count). The van der Waals surface area contributed by atoms with Gasteiger partial charge in [-0.1, -0.05) is 25.0 Å². The Balaban J connectivity index is 0.960. The summed E-state index contributed by atoms with van der Waals surface area (Å²) in [6.07, 6.45) is 9.78. The summed E-state index contributed by atoms with van der Waals surface area (Å²) in [6, 6.07) is 10.6. The zero-order valence-electron chi connectivity index (χ0n) is 29.1. The fourth-order valence-corrected chi connectivity index (χ4v) is 7.31. The van der Waals surface area contributed by atoms with Crippen molar-refractivity contribution in [1.29, 1.82) is 0 Å². The number of benzene rings is 1. The lowest BCUT2D eigenvalue weighted by atomic mass is 10.0. The molecule has 1 atom stereocenters. The number of aromatic nitrogens is 4. The van der Waals surface area contributed by atoms with Crippen LogP contribution in [0.3, 0.4) is 0 Å². The molecule has 1 saturated carbocycles. The second kappa shape index (κ2) is 15.1. The number of nitrogens with zero attached hydrogens (tertiary/aromatic N) is 6. The van der Waals surface area contributed by atoms with Crippen LogP contribution in [0.1, 0.15) is 94.5 Å². The normalized spacial score (nSPS) is 18.3. The molecule has 1 unspecified atom stereocenters. The zero-order valence-corrected chi connectivity index (χ0v) is 29.1. The van der Waals surface area contributed by atoms with Gasteiger partial charge in [0.25, 0.3) is 11.5 Å². The Morgan fingerprint density at radius 1 is 0.902 bits per heavy atom. The summed E-state index contributed by atoms with van der Waals surface area (Å²) in [5.74, 6) is 0.406. The van der Waals surface area contributed by atoms with Crippen LogP contribution < -0.4 is 15.8 Å². The second-order valence-electron chi connectivity index (χ2n) is 13.5. The molecule has 1 N–H and O–H groups in total. The highest BCUT2D eigenvalue weighted by Crippen LogP contribution is 2.32. The highest BCUT2D eigenvalue weighted by atomic mass is 16.7. The van der Waals surface area contributed by atoms with E-state index < -0.39 is 0 Å². The molecule has 3 fully saturated rings. The number of anilines is 3. The predicted molar refractivity (Wildman–Crippen MR) is 192 cm³/mol. The summed E-state index contributed by atoms with van der Waals surface area (Å²) < 4.78 is 12.8. The summed E-state index contributed by atoms with van der Waals surface area (Å²) in [7, 11) is 0. The standard InChI is InChI=1S/C38H43N7O6/c1-24-30-22-40-38(42-35(30)45(28-7-3-4-8-28)37(49)34(24)25(2)46)41-32-15-14-29(21-39-32)43-16-18-44(19-17-43)36(48)27-12-10-26(11-13-27)31(47)23-51-33-9-5-6-20-50-33/h10-15,21-22,28,33H,3-9,16-20,23H2,1-2H3,(H,39,40,41,42). The number of carbonyl (C=O) groups excluding carboxylic acids is 3. The number of ether oxygens (including phenoxy) is 2. The van der Waals surface area contributed by atoms with Crippen LogP contribution in [-0.4, -0.2) is 87.6 Å². The van der Waals surface area contributed by atoms with E-state index in [1.54, 1.807) is 48.1 Å². The van der Waals surface area contributed by atoms with Gasteiger partial charge in [0, 0.05) is 61.5 Å². The van der Waals surface area contributed by atoms with Gasteiger partial charge in [-0.15, -0.1) is 0 Å². The molecule has 4 aromatic rings. The van der Waals surface area contributed by atoms with Crippen molar-refractivity contribution in [2.75, 3.05) is 49.6 Å². The van der Waals surface area contributed by atoms with Gasteiger partial charge in [-0.05, 0) is 75.8 Å². The largest absolute Gasteiger partial charge is 0.367 e. The average Bonchev–Trinajstić information content (AvgIpc) is 3.69. The van der Waals surface area contributed by atoms with E-state index in [2.05, 4.69) is 20.2 Å². The van der Waals surface area contributed by atoms with Gasteiger partial charge in [0.15, 0.2) is 17.9 Å². The Hall–Kier alpha value is -5.01. The lowest BCUT2D eigenvalue weighted by molar-refractivity contribution is -0.155. The van der Waals surface area contributed by atoms with Crippen molar-refractivity contribution in [2.24, 2.45) is 0 Å². The Morgan fingerprint density at radius 3 is 2.29 bits per heavy atom. The third kappa shape index (κ3) is 7.40. The van der Waals surface area contributed by atoms with Crippen molar-refractivity contribution in [3.05, 3.63) is 81.4 Å². The molecule has 1 amide bonds. The number of pyridine rings is 2. The number of aryl methyl sites for hydroxylation is 1. The molecule has 1 aromatic carbocycles. The van der Waals surface area contributed by atoms with E-state index in [1.807, 2.05) is 17.0 Å².